The zero-order chi connectivity index (χ0) is 22.6. The van der Waals surface area contributed by atoms with Gasteiger partial charge in [0.2, 0.25) is 11.8 Å². The van der Waals surface area contributed by atoms with E-state index in [0.717, 1.165) is 18.2 Å². The molecule has 2 N–H and O–H groups in total. The van der Waals surface area contributed by atoms with Gasteiger partial charge in [0.1, 0.15) is 0 Å². The van der Waals surface area contributed by atoms with Gasteiger partial charge in [0, 0.05) is 25.3 Å². The third kappa shape index (κ3) is 5.85. The van der Waals surface area contributed by atoms with E-state index in [1.165, 1.54) is 13.1 Å². The van der Waals surface area contributed by atoms with Crippen LogP contribution in [0.5, 0.6) is 0 Å². The van der Waals surface area contributed by atoms with E-state index >= 15 is 0 Å². The molecular weight excluding hydrogens is 435 g/mol. The number of aryl methyl sites for hydroxylation is 1. The van der Waals surface area contributed by atoms with Crippen LogP contribution in [0.2, 0.25) is 5.02 Å². The molecule has 3 aromatic rings. The highest BCUT2D eigenvalue weighted by molar-refractivity contribution is 6.33. The summed E-state index contributed by atoms with van der Waals surface area (Å²) < 4.78 is 44.6. The number of amides is 2. The second-order valence-electron chi connectivity index (χ2n) is 6.59. The molecule has 3 rings (SSSR count). The van der Waals surface area contributed by atoms with Gasteiger partial charge >= 0.3 is 6.18 Å². The van der Waals surface area contributed by atoms with Crippen LogP contribution in [0.4, 0.5) is 24.5 Å². The van der Waals surface area contributed by atoms with Gasteiger partial charge in [0.25, 0.3) is 0 Å². The van der Waals surface area contributed by atoms with E-state index in [1.807, 2.05) is 0 Å². The number of anilines is 2. The molecule has 0 aliphatic carbocycles. The number of carbonyl (C=O) groups excluding carboxylic acids is 2. The number of hydrogen-bond donors (Lipinski definition) is 2. The molecule has 2 amide bonds. The Labute approximate surface area is 180 Å². The van der Waals surface area contributed by atoms with Crippen LogP contribution in [-0.2, 0) is 22.2 Å². The number of nitrogens with zero attached hydrogens (tertiary/aromatic N) is 1. The van der Waals surface area contributed by atoms with Gasteiger partial charge in [-0.15, -0.1) is 0 Å². The molecule has 31 heavy (non-hydrogen) atoms. The van der Waals surface area contributed by atoms with Crippen molar-refractivity contribution in [3.8, 4) is 11.3 Å². The Kier molecular flexibility index (Phi) is 6.65. The van der Waals surface area contributed by atoms with Crippen LogP contribution in [0.15, 0.2) is 53.1 Å². The first-order chi connectivity index (χ1) is 14.6. The highest BCUT2D eigenvalue weighted by Gasteiger charge is 2.31. The van der Waals surface area contributed by atoms with E-state index in [-0.39, 0.29) is 30.1 Å². The number of benzene rings is 2. The first-order valence-corrected chi connectivity index (χ1v) is 9.49. The van der Waals surface area contributed by atoms with E-state index in [0.29, 0.717) is 16.3 Å². The molecule has 0 fully saturated rings. The quantitative estimate of drug-likeness (QED) is 0.515. The molecule has 0 bridgehead atoms. The molecule has 10 heteroatoms. The SMILES string of the molecule is CC(=O)Nc1ccc(C(F)(F)F)cc1NC(=O)CCc1ncc(-c2ccccc2Cl)o1. The Morgan fingerprint density at radius 1 is 1.10 bits per heavy atom. The zero-order valence-corrected chi connectivity index (χ0v) is 17.0. The average Bonchev–Trinajstić information content (AvgIpc) is 3.15. The van der Waals surface area contributed by atoms with Crippen LogP contribution in [0, 0.1) is 0 Å². The molecule has 0 unspecified atom stereocenters. The van der Waals surface area contributed by atoms with Crippen LogP contribution < -0.4 is 10.6 Å². The minimum atomic E-state index is -4.60. The molecule has 162 valence electrons. The van der Waals surface area contributed by atoms with Crippen molar-refractivity contribution in [1.29, 1.82) is 0 Å². The van der Waals surface area contributed by atoms with Crippen LogP contribution in [0.3, 0.4) is 0 Å². The maximum absolute atomic E-state index is 13.0. The third-order valence-corrected chi connectivity index (χ3v) is 4.52. The Balaban J connectivity index is 1.69. The van der Waals surface area contributed by atoms with Gasteiger partial charge in [0.15, 0.2) is 11.7 Å². The predicted molar refractivity (Wildman–Crippen MR) is 110 cm³/mol. The maximum Gasteiger partial charge on any atom is 0.416 e. The van der Waals surface area contributed by atoms with Gasteiger partial charge < -0.3 is 15.1 Å². The first kappa shape index (κ1) is 22.4. The van der Waals surface area contributed by atoms with Crippen molar-refractivity contribution < 1.29 is 27.2 Å². The lowest BCUT2D eigenvalue weighted by Crippen LogP contribution is -2.17. The van der Waals surface area contributed by atoms with Gasteiger partial charge in [-0.05, 0) is 30.3 Å². The molecule has 6 nitrogen and oxygen atoms in total. The maximum atomic E-state index is 13.0. The van der Waals surface area contributed by atoms with Crippen molar-refractivity contribution in [1.82, 2.24) is 4.98 Å². The van der Waals surface area contributed by atoms with Crippen LogP contribution in [0.1, 0.15) is 24.8 Å². The molecule has 0 radical (unpaired) electrons. The molecule has 0 saturated heterocycles. The molecular formula is C21H17ClF3N3O3. The molecule has 0 atom stereocenters. The summed E-state index contributed by atoms with van der Waals surface area (Å²) in [6, 6.07) is 9.71. The summed E-state index contributed by atoms with van der Waals surface area (Å²) in [5.41, 5.74) is -0.393. The van der Waals surface area contributed by atoms with Crippen molar-refractivity contribution in [2.45, 2.75) is 25.9 Å². The lowest BCUT2D eigenvalue weighted by atomic mass is 10.1. The summed E-state index contributed by atoms with van der Waals surface area (Å²) in [6.45, 7) is 1.21. The van der Waals surface area contributed by atoms with Crippen molar-refractivity contribution in [3.63, 3.8) is 0 Å². The summed E-state index contributed by atoms with van der Waals surface area (Å²) in [5, 5.41) is 5.28. The summed E-state index contributed by atoms with van der Waals surface area (Å²) >= 11 is 6.12. The lowest BCUT2D eigenvalue weighted by Gasteiger charge is -2.14. The molecule has 1 heterocycles. The Morgan fingerprint density at radius 3 is 2.52 bits per heavy atom. The van der Waals surface area contributed by atoms with Crippen molar-refractivity contribution >= 4 is 34.8 Å². The van der Waals surface area contributed by atoms with Crippen molar-refractivity contribution in [2.24, 2.45) is 0 Å². The highest BCUT2D eigenvalue weighted by atomic mass is 35.5. The van der Waals surface area contributed by atoms with Gasteiger partial charge in [-0.25, -0.2) is 4.98 Å². The minimum Gasteiger partial charge on any atom is -0.441 e. The second-order valence-corrected chi connectivity index (χ2v) is 6.99. The number of carbonyl (C=O) groups is 2. The van der Waals surface area contributed by atoms with E-state index in [2.05, 4.69) is 15.6 Å². The van der Waals surface area contributed by atoms with Crippen LogP contribution in [0.25, 0.3) is 11.3 Å². The minimum absolute atomic E-state index is 0.0611. The van der Waals surface area contributed by atoms with Gasteiger partial charge in [-0.1, -0.05) is 23.7 Å². The Hall–Kier alpha value is -3.33. The number of rotatable bonds is 6. The molecule has 0 spiro atoms. The number of alkyl halides is 3. The van der Waals surface area contributed by atoms with Crippen molar-refractivity contribution in [3.05, 3.63) is 65.1 Å². The smallest absolute Gasteiger partial charge is 0.416 e. The zero-order valence-electron chi connectivity index (χ0n) is 16.2. The topological polar surface area (TPSA) is 84.2 Å². The fraction of sp³-hybridized carbons (Fsp3) is 0.190. The summed E-state index contributed by atoms with van der Waals surface area (Å²) in [7, 11) is 0. The van der Waals surface area contributed by atoms with E-state index < -0.39 is 23.6 Å². The molecule has 0 aliphatic heterocycles. The van der Waals surface area contributed by atoms with Gasteiger partial charge in [-0.3, -0.25) is 9.59 Å². The second kappa shape index (κ2) is 9.22. The van der Waals surface area contributed by atoms with E-state index in [4.69, 9.17) is 16.0 Å². The number of nitrogens with one attached hydrogen (secondary N) is 2. The Morgan fingerprint density at radius 2 is 1.84 bits per heavy atom. The predicted octanol–water partition coefficient (Wildman–Crippen LogP) is 5.54. The van der Waals surface area contributed by atoms with Crippen molar-refractivity contribution in [2.75, 3.05) is 10.6 Å². The van der Waals surface area contributed by atoms with Gasteiger partial charge in [0.05, 0.1) is 28.2 Å². The molecule has 2 aromatic carbocycles. The average molecular weight is 452 g/mol. The molecule has 0 aliphatic rings. The standard InChI is InChI=1S/C21H17ClF3N3O3/c1-12(29)27-16-7-6-13(21(23,24)25)10-17(16)28-19(30)8-9-20-26-11-18(31-20)14-4-2-3-5-15(14)22/h2-7,10-11H,8-9H2,1H3,(H,27,29)(H,28,30). The number of hydrogen-bond acceptors (Lipinski definition) is 4. The first-order valence-electron chi connectivity index (χ1n) is 9.12. The monoisotopic (exact) mass is 451 g/mol. The lowest BCUT2D eigenvalue weighted by molar-refractivity contribution is -0.137. The van der Waals surface area contributed by atoms with E-state index in [9.17, 15) is 22.8 Å². The van der Waals surface area contributed by atoms with Crippen LogP contribution in [-0.4, -0.2) is 16.8 Å². The van der Waals surface area contributed by atoms with Crippen LogP contribution >= 0.6 is 11.6 Å². The number of aromatic nitrogens is 1. The van der Waals surface area contributed by atoms with E-state index in [1.54, 1.807) is 24.3 Å². The fourth-order valence-corrected chi connectivity index (χ4v) is 3.00. The Bertz CT molecular complexity index is 1110. The summed E-state index contributed by atoms with van der Waals surface area (Å²) in [4.78, 5) is 27.7. The molecule has 0 saturated carbocycles. The summed E-state index contributed by atoms with van der Waals surface area (Å²) in [5.74, 6) is -0.339. The third-order valence-electron chi connectivity index (χ3n) is 4.19. The largest absolute Gasteiger partial charge is 0.441 e. The summed E-state index contributed by atoms with van der Waals surface area (Å²) in [6.07, 6.45) is -3.10. The molecule has 1 aromatic heterocycles. The van der Waals surface area contributed by atoms with Gasteiger partial charge in [-0.2, -0.15) is 13.2 Å². The highest BCUT2D eigenvalue weighted by Crippen LogP contribution is 2.34. The number of halogens is 4. The number of oxazole rings is 1. The normalized spacial score (nSPS) is 11.3. The fourth-order valence-electron chi connectivity index (χ4n) is 2.77.